The fourth-order valence-electron chi connectivity index (χ4n) is 2.92. The Hall–Kier alpha value is -1.44. The van der Waals surface area contributed by atoms with Gasteiger partial charge in [-0.15, -0.1) is 0 Å². The van der Waals surface area contributed by atoms with E-state index in [-0.39, 0.29) is 24.9 Å². The molecule has 1 aromatic rings. The van der Waals surface area contributed by atoms with Gasteiger partial charge in [-0.2, -0.15) is 0 Å². The van der Waals surface area contributed by atoms with Crippen molar-refractivity contribution in [3.05, 3.63) is 28.2 Å². The summed E-state index contributed by atoms with van der Waals surface area (Å²) in [7, 11) is 1.64. The number of benzene rings is 1. The Balaban J connectivity index is 1.98. The van der Waals surface area contributed by atoms with Gasteiger partial charge in [-0.25, -0.2) is 0 Å². The third-order valence-corrected chi connectivity index (χ3v) is 4.98. The average molecular weight is 398 g/mol. The van der Waals surface area contributed by atoms with Crippen molar-refractivity contribution in [2.45, 2.75) is 19.8 Å². The van der Waals surface area contributed by atoms with Crippen molar-refractivity contribution in [1.82, 2.24) is 4.90 Å². The van der Waals surface area contributed by atoms with Gasteiger partial charge in [0, 0.05) is 37.0 Å². The van der Waals surface area contributed by atoms with Crippen LogP contribution in [0, 0.1) is 12.3 Å². The maximum absolute atomic E-state index is 12.8. The molecule has 0 atom stereocenters. The summed E-state index contributed by atoms with van der Waals surface area (Å²) >= 11 is 3.39. The lowest BCUT2D eigenvalue weighted by Gasteiger charge is -2.37. The number of likely N-dealkylation sites (N-methyl/N-ethyl adjacent to an activating group) is 1. The highest BCUT2D eigenvalue weighted by Gasteiger charge is 2.40. The van der Waals surface area contributed by atoms with Crippen molar-refractivity contribution >= 4 is 33.4 Å². The predicted octanol–water partition coefficient (Wildman–Crippen LogP) is 1.91. The number of ether oxygens (including phenoxy) is 1. The molecule has 3 N–H and O–H groups in total. The van der Waals surface area contributed by atoms with Crippen LogP contribution in [-0.4, -0.2) is 50.1 Å². The number of nitrogens with zero attached hydrogens (tertiary/aromatic N) is 1. The van der Waals surface area contributed by atoms with Crippen LogP contribution in [0.1, 0.15) is 18.4 Å². The van der Waals surface area contributed by atoms with Crippen LogP contribution in [-0.2, 0) is 14.3 Å². The van der Waals surface area contributed by atoms with E-state index >= 15 is 0 Å². The van der Waals surface area contributed by atoms with Crippen molar-refractivity contribution < 1.29 is 14.3 Å². The topological polar surface area (TPSA) is 84.7 Å². The smallest absolute Gasteiger partial charge is 0.243 e. The Kier molecular flexibility index (Phi) is 6.37. The molecule has 2 amide bonds. The largest absolute Gasteiger partial charge is 0.381 e. The van der Waals surface area contributed by atoms with Crippen LogP contribution in [0.3, 0.4) is 0 Å². The number of nitrogens with two attached hydrogens (primary N) is 1. The number of halogens is 1. The number of aryl methyl sites for hydroxylation is 1. The molecule has 0 aromatic heterocycles. The van der Waals surface area contributed by atoms with E-state index in [0.29, 0.717) is 26.1 Å². The maximum atomic E-state index is 12.8. The molecular formula is C17H24BrN3O3. The van der Waals surface area contributed by atoms with Gasteiger partial charge in [0.1, 0.15) is 0 Å². The minimum absolute atomic E-state index is 0.00303. The zero-order chi connectivity index (χ0) is 17.7. The molecule has 1 aliphatic heterocycles. The minimum Gasteiger partial charge on any atom is -0.381 e. The number of hydrogen-bond donors (Lipinski definition) is 2. The first-order chi connectivity index (χ1) is 11.4. The fourth-order valence-corrected chi connectivity index (χ4v) is 3.39. The number of amides is 2. The molecule has 1 fully saturated rings. The van der Waals surface area contributed by atoms with Crippen LogP contribution in [0.4, 0.5) is 5.69 Å². The normalized spacial score (nSPS) is 16.5. The van der Waals surface area contributed by atoms with Crippen LogP contribution in [0.5, 0.6) is 0 Å². The van der Waals surface area contributed by atoms with E-state index in [4.69, 9.17) is 10.5 Å². The maximum Gasteiger partial charge on any atom is 0.243 e. The van der Waals surface area contributed by atoms with Crippen molar-refractivity contribution in [3.63, 3.8) is 0 Å². The Morgan fingerprint density at radius 1 is 1.38 bits per heavy atom. The molecule has 0 radical (unpaired) electrons. The molecule has 6 nitrogen and oxygen atoms in total. The quantitative estimate of drug-likeness (QED) is 0.794. The molecule has 1 aliphatic rings. The number of rotatable bonds is 5. The third kappa shape index (κ3) is 4.34. The lowest BCUT2D eigenvalue weighted by Crippen LogP contribution is -2.51. The molecule has 1 aromatic carbocycles. The second kappa shape index (κ2) is 8.09. The first-order valence-electron chi connectivity index (χ1n) is 7.97. The van der Waals surface area contributed by atoms with E-state index in [0.717, 1.165) is 15.7 Å². The lowest BCUT2D eigenvalue weighted by molar-refractivity contribution is -0.147. The molecule has 1 heterocycles. The Bertz CT molecular complexity index is 615. The van der Waals surface area contributed by atoms with Crippen molar-refractivity contribution in [3.8, 4) is 0 Å². The molecule has 1 saturated heterocycles. The van der Waals surface area contributed by atoms with Gasteiger partial charge >= 0.3 is 0 Å². The summed E-state index contributed by atoms with van der Waals surface area (Å²) in [5, 5.41) is 2.85. The van der Waals surface area contributed by atoms with Crippen molar-refractivity contribution in [2.75, 3.05) is 38.7 Å². The van der Waals surface area contributed by atoms with Crippen LogP contribution in [0.15, 0.2) is 22.7 Å². The number of hydrogen-bond acceptors (Lipinski definition) is 4. The van der Waals surface area contributed by atoms with Gasteiger partial charge in [0.2, 0.25) is 11.8 Å². The first kappa shape index (κ1) is 18.9. The highest BCUT2D eigenvalue weighted by molar-refractivity contribution is 9.10. The second-order valence-corrected chi connectivity index (χ2v) is 7.18. The molecule has 0 saturated carbocycles. The summed E-state index contributed by atoms with van der Waals surface area (Å²) in [4.78, 5) is 26.5. The average Bonchev–Trinajstić information content (AvgIpc) is 2.57. The van der Waals surface area contributed by atoms with Crippen LogP contribution >= 0.6 is 15.9 Å². The van der Waals surface area contributed by atoms with Gasteiger partial charge in [0.05, 0.1) is 12.0 Å². The Morgan fingerprint density at radius 2 is 2.04 bits per heavy atom. The summed E-state index contributed by atoms with van der Waals surface area (Å²) in [6.07, 6.45) is 1.19. The number of nitrogens with one attached hydrogen (secondary N) is 1. The van der Waals surface area contributed by atoms with Gasteiger partial charge in [0.15, 0.2) is 0 Å². The zero-order valence-electron chi connectivity index (χ0n) is 14.1. The van der Waals surface area contributed by atoms with Gasteiger partial charge < -0.3 is 20.7 Å². The lowest BCUT2D eigenvalue weighted by atomic mass is 9.79. The highest BCUT2D eigenvalue weighted by atomic mass is 79.9. The molecule has 0 bridgehead atoms. The number of anilines is 1. The summed E-state index contributed by atoms with van der Waals surface area (Å²) in [5.74, 6) is -0.313. The summed E-state index contributed by atoms with van der Waals surface area (Å²) < 4.78 is 6.28. The Morgan fingerprint density at radius 3 is 2.62 bits per heavy atom. The van der Waals surface area contributed by atoms with Gasteiger partial charge in [-0.05, 0) is 43.5 Å². The van der Waals surface area contributed by atoms with Crippen LogP contribution in [0.25, 0.3) is 0 Å². The molecular weight excluding hydrogens is 374 g/mol. The van der Waals surface area contributed by atoms with E-state index in [2.05, 4.69) is 21.2 Å². The first-order valence-corrected chi connectivity index (χ1v) is 8.77. The van der Waals surface area contributed by atoms with Crippen LogP contribution in [0.2, 0.25) is 0 Å². The molecule has 24 heavy (non-hydrogen) atoms. The Labute approximate surface area is 150 Å². The number of carbonyl (C=O) groups is 2. The van der Waals surface area contributed by atoms with Crippen molar-refractivity contribution in [2.24, 2.45) is 11.1 Å². The predicted molar refractivity (Wildman–Crippen MR) is 96.7 cm³/mol. The van der Waals surface area contributed by atoms with E-state index in [1.807, 2.05) is 25.1 Å². The molecule has 0 aliphatic carbocycles. The van der Waals surface area contributed by atoms with Gasteiger partial charge in [-0.1, -0.05) is 15.9 Å². The van der Waals surface area contributed by atoms with Crippen molar-refractivity contribution in [1.29, 1.82) is 0 Å². The molecule has 2 rings (SSSR count). The summed E-state index contributed by atoms with van der Waals surface area (Å²) in [5.41, 5.74) is 6.94. The SMILES string of the molecule is Cc1cc(Br)ccc1NC(=O)CN(C)C(=O)C1(CN)CCOCC1. The highest BCUT2D eigenvalue weighted by Crippen LogP contribution is 2.31. The molecule has 0 unspecified atom stereocenters. The summed E-state index contributed by atoms with van der Waals surface area (Å²) in [6, 6.07) is 5.62. The second-order valence-electron chi connectivity index (χ2n) is 6.27. The van der Waals surface area contributed by atoms with Gasteiger partial charge in [0.25, 0.3) is 0 Å². The van der Waals surface area contributed by atoms with E-state index in [1.54, 1.807) is 7.05 Å². The minimum atomic E-state index is -0.610. The summed E-state index contributed by atoms with van der Waals surface area (Å²) in [6.45, 7) is 3.24. The standard InChI is InChI=1S/C17H24BrN3O3/c1-12-9-13(18)3-4-14(12)20-15(22)10-21(2)16(23)17(11-19)5-7-24-8-6-17/h3-4,9H,5-8,10-11,19H2,1-2H3,(H,20,22). The number of carbonyl (C=O) groups excluding carboxylic acids is 2. The van der Waals surface area contributed by atoms with E-state index in [9.17, 15) is 9.59 Å². The van der Waals surface area contributed by atoms with Gasteiger partial charge in [-0.3, -0.25) is 9.59 Å². The van der Waals surface area contributed by atoms with Crippen LogP contribution < -0.4 is 11.1 Å². The van der Waals surface area contributed by atoms with E-state index < -0.39 is 5.41 Å². The monoisotopic (exact) mass is 397 g/mol. The molecule has 7 heteroatoms. The molecule has 0 spiro atoms. The fraction of sp³-hybridized carbons (Fsp3) is 0.529. The zero-order valence-corrected chi connectivity index (χ0v) is 15.7. The van der Waals surface area contributed by atoms with E-state index in [1.165, 1.54) is 4.90 Å². The molecule has 132 valence electrons. The third-order valence-electron chi connectivity index (χ3n) is 4.48.